The van der Waals surface area contributed by atoms with Gasteiger partial charge in [0.25, 0.3) is 0 Å². The fraction of sp³-hybridized carbons (Fsp3) is 0.600. The minimum atomic E-state index is -0.500. The van der Waals surface area contributed by atoms with Gasteiger partial charge in [-0.25, -0.2) is 9.78 Å². The lowest BCUT2D eigenvalue weighted by Gasteiger charge is -2.26. The Kier molecular flexibility index (Phi) is 4.92. The lowest BCUT2D eigenvalue weighted by atomic mass is 10.1. The highest BCUT2D eigenvalue weighted by Crippen LogP contribution is 2.21. The third-order valence-corrected chi connectivity index (χ3v) is 2.64. The first-order valence-electron chi connectivity index (χ1n) is 6.71. The summed E-state index contributed by atoms with van der Waals surface area (Å²) in [6, 6.07) is 3.91. The molecule has 0 aromatic carbocycles. The molecule has 1 aromatic rings. The van der Waals surface area contributed by atoms with Gasteiger partial charge in [-0.05, 0) is 51.3 Å². The monoisotopic (exact) mass is 264 g/mol. The van der Waals surface area contributed by atoms with E-state index in [1.165, 1.54) is 0 Å². The number of amides is 1. The van der Waals surface area contributed by atoms with Gasteiger partial charge < -0.3 is 4.74 Å². The first kappa shape index (κ1) is 15.5. The number of rotatable bonds is 3. The number of hydrogen-bond acceptors (Lipinski definition) is 3. The normalized spacial score (nSPS) is 11.5. The summed E-state index contributed by atoms with van der Waals surface area (Å²) >= 11 is 0. The second-order valence-electron chi connectivity index (χ2n) is 5.83. The van der Waals surface area contributed by atoms with E-state index >= 15 is 0 Å². The van der Waals surface area contributed by atoms with E-state index in [0.717, 1.165) is 5.56 Å². The Morgan fingerprint density at radius 3 is 2.53 bits per heavy atom. The SMILES string of the molecule is CCN(C(=O)OC(C)(C)C)c1cc(C(C)C)ccn1. The van der Waals surface area contributed by atoms with Gasteiger partial charge in [0.15, 0.2) is 0 Å². The summed E-state index contributed by atoms with van der Waals surface area (Å²) in [6.45, 7) is 12.2. The van der Waals surface area contributed by atoms with E-state index in [2.05, 4.69) is 18.8 Å². The first-order valence-corrected chi connectivity index (χ1v) is 6.71. The predicted octanol–water partition coefficient (Wildman–Crippen LogP) is 3.97. The van der Waals surface area contributed by atoms with Crippen LogP contribution in [0.15, 0.2) is 18.3 Å². The van der Waals surface area contributed by atoms with Gasteiger partial charge in [0.2, 0.25) is 0 Å². The van der Waals surface area contributed by atoms with Gasteiger partial charge in [-0.2, -0.15) is 0 Å². The molecular weight excluding hydrogens is 240 g/mol. The number of carbonyl (C=O) groups excluding carboxylic acids is 1. The smallest absolute Gasteiger partial charge is 0.415 e. The maximum Gasteiger partial charge on any atom is 0.415 e. The average Bonchev–Trinajstić information content (AvgIpc) is 2.27. The van der Waals surface area contributed by atoms with E-state index in [4.69, 9.17) is 4.74 Å². The van der Waals surface area contributed by atoms with E-state index in [1.807, 2.05) is 39.8 Å². The number of carbonyl (C=O) groups is 1. The van der Waals surface area contributed by atoms with Crippen LogP contribution >= 0.6 is 0 Å². The first-order chi connectivity index (χ1) is 8.74. The molecule has 0 saturated carbocycles. The van der Waals surface area contributed by atoms with Crippen LogP contribution in [-0.2, 0) is 4.74 Å². The van der Waals surface area contributed by atoms with Gasteiger partial charge in [-0.1, -0.05) is 13.8 Å². The third kappa shape index (κ3) is 4.54. The van der Waals surface area contributed by atoms with Crippen LogP contribution in [0.2, 0.25) is 0 Å². The summed E-state index contributed by atoms with van der Waals surface area (Å²) in [5.74, 6) is 1.04. The molecule has 4 heteroatoms. The Morgan fingerprint density at radius 2 is 2.05 bits per heavy atom. The molecule has 0 bridgehead atoms. The number of anilines is 1. The third-order valence-electron chi connectivity index (χ3n) is 2.64. The fourth-order valence-electron chi connectivity index (χ4n) is 1.64. The van der Waals surface area contributed by atoms with E-state index < -0.39 is 5.60 Å². The number of pyridine rings is 1. The second-order valence-corrected chi connectivity index (χ2v) is 5.83. The van der Waals surface area contributed by atoms with Gasteiger partial charge in [0.1, 0.15) is 11.4 Å². The molecule has 1 rings (SSSR count). The minimum Gasteiger partial charge on any atom is -0.443 e. The number of aromatic nitrogens is 1. The van der Waals surface area contributed by atoms with Gasteiger partial charge in [0, 0.05) is 12.7 Å². The molecule has 0 aliphatic carbocycles. The largest absolute Gasteiger partial charge is 0.443 e. The van der Waals surface area contributed by atoms with Crippen molar-refractivity contribution in [1.82, 2.24) is 4.98 Å². The Labute approximate surface area is 115 Å². The van der Waals surface area contributed by atoms with Crippen LogP contribution in [0.4, 0.5) is 10.6 Å². The maximum absolute atomic E-state index is 12.1. The van der Waals surface area contributed by atoms with Crippen molar-refractivity contribution in [2.24, 2.45) is 0 Å². The van der Waals surface area contributed by atoms with Gasteiger partial charge >= 0.3 is 6.09 Å². The molecule has 0 spiro atoms. The zero-order chi connectivity index (χ0) is 14.6. The molecule has 1 heterocycles. The Bertz CT molecular complexity index is 436. The standard InChI is InChI=1S/C15H24N2O2/c1-7-17(14(18)19-15(4,5)6)13-10-12(11(2)3)8-9-16-13/h8-11H,7H2,1-6H3. The highest BCUT2D eigenvalue weighted by Gasteiger charge is 2.23. The van der Waals surface area contributed by atoms with Crippen molar-refractivity contribution in [3.05, 3.63) is 23.9 Å². The van der Waals surface area contributed by atoms with Crippen LogP contribution in [0.25, 0.3) is 0 Å². The van der Waals surface area contributed by atoms with Crippen molar-refractivity contribution in [2.45, 2.75) is 53.1 Å². The molecule has 0 fully saturated rings. The number of nitrogens with zero attached hydrogens (tertiary/aromatic N) is 2. The summed E-state index contributed by atoms with van der Waals surface area (Å²) in [5, 5.41) is 0. The molecule has 1 aromatic heterocycles. The molecule has 19 heavy (non-hydrogen) atoms. The van der Waals surface area contributed by atoms with Crippen LogP contribution in [0.5, 0.6) is 0 Å². The van der Waals surface area contributed by atoms with Crippen molar-refractivity contribution >= 4 is 11.9 Å². The molecule has 1 amide bonds. The highest BCUT2D eigenvalue weighted by molar-refractivity contribution is 5.86. The van der Waals surface area contributed by atoms with Gasteiger partial charge in [0.05, 0.1) is 0 Å². The lowest BCUT2D eigenvalue weighted by molar-refractivity contribution is 0.0581. The number of hydrogen-bond donors (Lipinski definition) is 0. The summed E-state index contributed by atoms with van der Waals surface area (Å²) in [4.78, 5) is 18.0. The van der Waals surface area contributed by atoms with Gasteiger partial charge in [-0.3, -0.25) is 4.90 Å². The van der Waals surface area contributed by atoms with Crippen LogP contribution in [0.3, 0.4) is 0 Å². The van der Waals surface area contributed by atoms with Crippen LogP contribution < -0.4 is 4.90 Å². The van der Waals surface area contributed by atoms with Crippen molar-refractivity contribution < 1.29 is 9.53 Å². The quantitative estimate of drug-likeness (QED) is 0.829. The molecule has 0 aliphatic heterocycles. The molecule has 106 valence electrons. The molecular formula is C15H24N2O2. The lowest BCUT2D eigenvalue weighted by Crippen LogP contribution is -2.37. The van der Waals surface area contributed by atoms with E-state index in [0.29, 0.717) is 18.3 Å². The van der Waals surface area contributed by atoms with Crippen molar-refractivity contribution in [3.63, 3.8) is 0 Å². The van der Waals surface area contributed by atoms with Crippen LogP contribution in [-0.4, -0.2) is 23.2 Å². The molecule has 0 N–H and O–H groups in total. The molecule has 4 nitrogen and oxygen atoms in total. The second kappa shape index (κ2) is 6.04. The molecule has 0 aliphatic rings. The van der Waals surface area contributed by atoms with Crippen LogP contribution in [0.1, 0.15) is 53.0 Å². The zero-order valence-corrected chi connectivity index (χ0v) is 12.7. The number of ether oxygens (including phenoxy) is 1. The van der Waals surface area contributed by atoms with E-state index in [1.54, 1.807) is 11.1 Å². The Morgan fingerprint density at radius 1 is 1.42 bits per heavy atom. The van der Waals surface area contributed by atoms with E-state index in [9.17, 15) is 4.79 Å². The summed E-state index contributed by atoms with van der Waals surface area (Å²) in [5.41, 5.74) is 0.659. The van der Waals surface area contributed by atoms with Crippen molar-refractivity contribution in [1.29, 1.82) is 0 Å². The average molecular weight is 264 g/mol. The topological polar surface area (TPSA) is 42.4 Å². The summed E-state index contributed by atoms with van der Waals surface area (Å²) in [7, 11) is 0. The zero-order valence-electron chi connectivity index (χ0n) is 12.7. The van der Waals surface area contributed by atoms with E-state index in [-0.39, 0.29) is 6.09 Å². The highest BCUT2D eigenvalue weighted by atomic mass is 16.6. The molecule has 0 atom stereocenters. The Hall–Kier alpha value is -1.58. The van der Waals surface area contributed by atoms with Crippen molar-refractivity contribution in [3.8, 4) is 0 Å². The minimum absolute atomic E-state index is 0.358. The maximum atomic E-state index is 12.1. The molecule has 0 radical (unpaired) electrons. The molecule has 0 saturated heterocycles. The Balaban J connectivity index is 2.97. The molecule has 0 unspecified atom stereocenters. The van der Waals surface area contributed by atoms with Crippen molar-refractivity contribution in [2.75, 3.05) is 11.4 Å². The van der Waals surface area contributed by atoms with Gasteiger partial charge in [-0.15, -0.1) is 0 Å². The van der Waals surface area contributed by atoms with Crippen LogP contribution in [0, 0.1) is 0 Å². The summed E-state index contributed by atoms with van der Waals surface area (Å²) in [6.07, 6.45) is 1.38. The fourth-order valence-corrected chi connectivity index (χ4v) is 1.64. The summed E-state index contributed by atoms with van der Waals surface area (Å²) < 4.78 is 5.39. The predicted molar refractivity (Wildman–Crippen MR) is 77.6 cm³/mol.